The maximum absolute atomic E-state index is 5.31. The van der Waals surface area contributed by atoms with Gasteiger partial charge in [0.1, 0.15) is 6.33 Å². The summed E-state index contributed by atoms with van der Waals surface area (Å²) < 4.78 is 1.36. The van der Waals surface area contributed by atoms with Crippen molar-refractivity contribution >= 4 is 29.1 Å². The average Bonchev–Trinajstić information content (AvgIpc) is 1.86. The number of rotatable bonds is 0. The molecule has 0 bridgehead atoms. The summed E-state index contributed by atoms with van der Waals surface area (Å²) >= 11 is 5.31. The highest BCUT2D eigenvalue weighted by molar-refractivity contribution is 6.15. The largest absolute Gasteiger partial charge is 0.249 e. The SMILES string of the molecule is Cln1ccnc1.[AlH3]. The minimum atomic E-state index is 0. The molecule has 0 saturated carbocycles. The van der Waals surface area contributed by atoms with Crippen LogP contribution in [0.3, 0.4) is 0 Å². The monoisotopic (exact) mass is 132 g/mol. The van der Waals surface area contributed by atoms with Gasteiger partial charge in [0.15, 0.2) is 17.4 Å². The second kappa shape index (κ2) is 3.09. The third kappa shape index (κ3) is 1.98. The zero-order chi connectivity index (χ0) is 4.41. The van der Waals surface area contributed by atoms with Crippen LogP contribution in [0.1, 0.15) is 0 Å². The first-order chi connectivity index (χ1) is 2.89. The van der Waals surface area contributed by atoms with Crippen molar-refractivity contribution in [2.24, 2.45) is 0 Å². The number of aromatic nitrogens is 2. The summed E-state index contributed by atoms with van der Waals surface area (Å²) in [5.74, 6) is 0. The molecule has 1 aromatic heterocycles. The fraction of sp³-hybridized carbons (Fsp3) is 0. The van der Waals surface area contributed by atoms with Crippen LogP contribution in [0.4, 0.5) is 0 Å². The molecule has 0 atom stereocenters. The lowest BCUT2D eigenvalue weighted by atomic mass is 11.0. The number of halogens is 1. The topological polar surface area (TPSA) is 17.8 Å². The summed E-state index contributed by atoms with van der Waals surface area (Å²) in [7, 11) is 0. The fourth-order valence-corrected chi connectivity index (χ4v) is 0.344. The minimum absolute atomic E-state index is 0. The van der Waals surface area contributed by atoms with E-state index in [0.717, 1.165) is 0 Å². The third-order valence-corrected chi connectivity index (χ3v) is 0.672. The lowest BCUT2D eigenvalue weighted by Crippen LogP contribution is -1.64. The molecule has 0 unspecified atom stereocenters. The zero-order valence-electron chi connectivity index (χ0n) is 3.00. The fourth-order valence-electron chi connectivity index (χ4n) is 0.243. The van der Waals surface area contributed by atoms with Crippen molar-refractivity contribution in [2.75, 3.05) is 0 Å². The molecule has 38 valence electrons. The molecule has 0 aliphatic carbocycles. The molecule has 0 N–H and O–H groups in total. The zero-order valence-corrected chi connectivity index (χ0v) is 3.76. The van der Waals surface area contributed by atoms with Crippen molar-refractivity contribution in [3.8, 4) is 0 Å². The highest BCUT2D eigenvalue weighted by Gasteiger charge is 1.72. The smallest absolute Gasteiger partial charge is 0.187 e. The van der Waals surface area contributed by atoms with Crippen molar-refractivity contribution in [3.63, 3.8) is 0 Å². The maximum atomic E-state index is 5.31. The van der Waals surface area contributed by atoms with Gasteiger partial charge in [-0.3, -0.25) is 0 Å². The second-order valence-electron chi connectivity index (χ2n) is 0.907. The molecule has 1 rings (SSSR count). The van der Waals surface area contributed by atoms with E-state index < -0.39 is 0 Å². The predicted molar refractivity (Wildman–Crippen MR) is 33.4 cm³/mol. The summed E-state index contributed by atoms with van der Waals surface area (Å²) in [6.07, 6.45) is 4.79. The molecule has 7 heavy (non-hydrogen) atoms. The molecule has 0 aliphatic rings. The van der Waals surface area contributed by atoms with Crippen LogP contribution >= 0.6 is 11.8 Å². The second-order valence-corrected chi connectivity index (χ2v) is 1.30. The Hall–Kier alpha value is 0.0325. The normalized spacial score (nSPS) is 7.57. The molecule has 0 fully saturated rings. The van der Waals surface area contributed by atoms with Crippen LogP contribution in [0.25, 0.3) is 0 Å². The average molecular weight is 133 g/mol. The number of hydrogen-bond acceptors (Lipinski definition) is 1. The molecular weight excluding hydrogens is 126 g/mol. The quantitative estimate of drug-likeness (QED) is 0.444. The molecule has 0 amide bonds. The number of imidazole rings is 1. The Bertz CT molecular complexity index is 116. The van der Waals surface area contributed by atoms with Crippen molar-refractivity contribution in [2.45, 2.75) is 0 Å². The summed E-state index contributed by atoms with van der Waals surface area (Å²) in [6.45, 7) is 0. The molecule has 0 saturated heterocycles. The summed E-state index contributed by atoms with van der Waals surface area (Å²) in [5, 5.41) is 0. The van der Waals surface area contributed by atoms with Crippen LogP contribution in [-0.4, -0.2) is 26.4 Å². The van der Waals surface area contributed by atoms with E-state index in [-0.39, 0.29) is 17.4 Å². The Morgan fingerprint density at radius 2 is 2.29 bits per heavy atom. The van der Waals surface area contributed by atoms with Gasteiger partial charge in [0, 0.05) is 24.2 Å². The van der Waals surface area contributed by atoms with Crippen LogP contribution < -0.4 is 0 Å². The van der Waals surface area contributed by atoms with E-state index in [1.54, 1.807) is 12.4 Å². The third-order valence-electron chi connectivity index (χ3n) is 0.472. The first-order valence-electron chi connectivity index (χ1n) is 1.54. The van der Waals surface area contributed by atoms with Crippen molar-refractivity contribution < 1.29 is 0 Å². The van der Waals surface area contributed by atoms with E-state index >= 15 is 0 Å². The van der Waals surface area contributed by atoms with Crippen LogP contribution in [0, 0.1) is 0 Å². The Labute approximate surface area is 57.4 Å². The molecule has 4 heteroatoms. The van der Waals surface area contributed by atoms with Gasteiger partial charge in [-0.2, -0.15) is 0 Å². The van der Waals surface area contributed by atoms with E-state index in [1.807, 2.05) is 0 Å². The molecular formula is C3H6AlClN2. The van der Waals surface area contributed by atoms with Gasteiger partial charge in [-0.1, -0.05) is 0 Å². The first kappa shape index (κ1) is 7.03. The van der Waals surface area contributed by atoms with Crippen molar-refractivity contribution in [3.05, 3.63) is 18.7 Å². The molecule has 2 nitrogen and oxygen atoms in total. The van der Waals surface area contributed by atoms with E-state index in [4.69, 9.17) is 11.8 Å². The Morgan fingerprint density at radius 1 is 1.57 bits per heavy atom. The summed E-state index contributed by atoms with van der Waals surface area (Å²) in [4.78, 5) is 3.65. The van der Waals surface area contributed by atoms with Gasteiger partial charge in [-0.05, 0) is 0 Å². The standard InChI is InChI=1S/C3H3ClN2.Al.3H/c4-6-2-1-5-3-6;;;;/h1-3H;;;;. The van der Waals surface area contributed by atoms with Crippen LogP contribution in [0.15, 0.2) is 18.7 Å². The van der Waals surface area contributed by atoms with E-state index in [1.165, 1.54) is 10.4 Å². The summed E-state index contributed by atoms with van der Waals surface area (Å²) in [5.41, 5.74) is 0. The molecule has 0 aromatic carbocycles. The van der Waals surface area contributed by atoms with Crippen LogP contribution in [0.5, 0.6) is 0 Å². The number of nitrogens with zero attached hydrogens (tertiary/aromatic N) is 2. The van der Waals surface area contributed by atoms with Gasteiger partial charge in [0.25, 0.3) is 0 Å². The van der Waals surface area contributed by atoms with Gasteiger partial charge in [0.2, 0.25) is 0 Å². The Morgan fingerprint density at radius 3 is 2.43 bits per heavy atom. The maximum Gasteiger partial charge on any atom is 0.187 e. The highest BCUT2D eigenvalue weighted by atomic mass is 35.5. The number of hydrogen-bond donors (Lipinski definition) is 0. The van der Waals surface area contributed by atoms with Gasteiger partial charge < -0.3 is 0 Å². The van der Waals surface area contributed by atoms with E-state index in [9.17, 15) is 0 Å². The van der Waals surface area contributed by atoms with Crippen molar-refractivity contribution in [1.29, 1.82) is 0 Å². The highest BCUT2D eigenvalue weighted by Crippen LogP contribution is 1.83. The van der Waals surface area contributed by atoms with E-state index in [2.05, 4.69) is 4.98 Å². The Kier molecular flexibility index (Phi) is 3.10. The molecule has 0 radical (unpaired) electrons. The first-order valence-corrected chi connectivity index (χ1v) is 1.87. The van der Waals surface area contributed by atoms with E-state index in [0.29, 0.717) is 0 Å². The molecule has 1 aromatic rings. The molecule has 0 spiro atoms. The van der Waals surface area contributed by atoms with Gasteiger partial charge in [-0.15, -0.1) is 0 Å². The van der Waals surface area contributed by atoms with Gasteiger partial charge >= 0.3 is 0 Å². The lowest BCUT2D eigenvalue weighted by molar-refractivity contribution is 1.21. The van der Waals surface area contributed by atoms with Crippen LogP contribution in [-0.2, 0) is 0 Å². The molecule has 1 heterocycles. The van der Waals surface area contributed by atoms with Crippen molar-refractivity contribution in [1.82, 2.24) is 9.07 Å². The predicted octanol–water partition coefficient (Wildman–Crippen LogP) is -0.299. The molecule has 0 aliphatic heterocycles. The van der Waals surface area contributed by atoms with Crippen LogP contribution in [0.2, 0.25) is 0 Å². The van der Waals surface area contributed by atoms with Gasteiger partial charge in [0.05, 0.1) is 0 Å². The minimum Gasteiger partial charge on any atom is -0.249 e. The lowest BCUT2D eigenvalue weighted by Gasteiger charge is -1.71. The summed E-state index contributed by atoms with van der Waals surface area (Å²) in [6, 6.07) is 0. The van der Waals surface area contributed by atoms with Gasteiger partial charge in [-0.25, -0.2) is 9.07 Å². The Balaban J connectivity index is 0.000000360.